The van der Waals surface area contributed by atoms with Crippen LogP contribution in [0.2, 0.25) is 0 Å². The van der Waals surface area contributed by atoms with Crippen molar-refractivity contribution >= 4 is 12.0 Å². The SMILES string of the molecule is CC1CN(C(=O)NC2(C(=O)O)CCOCC2)CC1N(C)C. The lowest BCUT2D eigenvalue weighted by molar-refractivity contribution is -0.148. The predicted molar refractivity (Wildman–Crippen MR) is 77.2 cm³/mol. The molecule has 2 fully saturated rings. The number of hydrogen-bond donors (Lipinski definition) is 2. The molecule has 7 heteroatoms. The number of carboxylic acid groups (broad SMARTS) is 1. The number of amides is 2. The molecule has 0 saturated carbocycles. The first kappa shape index (κ1) is 16.0. The second-order valence-corrected chi connectivity index (χ2v) is 6.34. The number of hydrogen-bond acceptors (Lipinski definition) is 4. The van der Waals surface area contributed by atoms with Gasteiger partial charge in [0.25, 0.3) is 0 Å². The number of ether oxygens (including phenoxy) is 1. The maximum absolute atomic E-state index is 12.4. The van der Waals surface area contributed by atoms with Crippen LogP contribution in [-0.4, -0.2) is 78.9 Å². The topological polar surface area (TPSA) is 82.1 Å². The van der Waals surface area contributed by atoms with Gasteiger partial charge in [0, 0.05) is 45.2 Å². The fourth-order valence-corrected chi connectivity index (χ4v) is 3.18. The quantitative estimate of drug-likeness (QED) is 0.778. The highest BCUT2D eigenvalue weighted by molar-refractivity contribution is 5.86. The number of carboxylic acids is 1. The Morgan fingerprint density at radius 3 is 2.38 bits per heavy atom. The van der Waals surface area contributed by atoms with Crippen molar-refractivity contribution in [2.75, 3.05) is 40.4 Å². The Kier molecular flexibility index (Phi) is 4.73. The van der Waals surface area contributed by atoms with Crippen LogP contribution in [0.25, 0.3) is 0 Å². The van der Waals surface area contributed by atoms with E-state index in [0.29, 0.717) is 51.1 Å². The lowest BCUT2D eigenvalue weighted by Crippen LogP contribution is -2.60. The van der Waals surface area contributed by atoms with E-state index in [1.165, 1.54) is 0 Å². The van der Waals surface area contributed by atoms with Crippen LogP contribution in [0.5, 0.6) is 0 Å². The minimum absolute atomic E-state index is 0.282. The molecule has 0 bridgehead atoms. The predicted octanol–water partition coefficient (Wildman–Crippen LogP) is 0.212. The molecule has 0 aliphatic carbocycles. The van der Waals surface area contributed by atoms with Gasteiger partial charge in [-0.3, -0.25) is 0 Å². The molecule has 0 aromatic carbocycles. The Morgan fingerprint density at radius 1 is 1.29 bits per heavy atom. The molecule has 21 heavy (non-hydrogen) atoms. The van der Waals surface area contributed by atoms with Crippen LogP contribution in [0, 0.1) is 5.92 Å². The molecule has 2 saturated heterocycles. The van der Waals surface area contributed by atoms with Crippen LogP contribution in [-0.2, 0) is 9.53 Å². The van der Waals surface area contributed by atoms with E-state index in [2.05, 4.69) is 17.1 Å². The van der Waals surface area contributed by atoms with E-state index in [9.17, 15) is 14.7 Å². The van der Waals surface area contributed by atoms with Crippen molar-refractivity contribution in [1.29, 1.82) is 0 Å². The molecule has 2 N–H and O–H groups in total. The molecule has 2 aliphatic rings. The number of rotatable bonds is 3. The third-order valence-electron chi connectivity index (χ3n) is 4.63. The molecule has 2 amide bonds. The van der Waals surface area contributed by atoms with Crippen LogP contribution < -0.4 is 5.32 Å². The Labute approximate surface area is 125 Å². The first-order chi connectivity index (χ1) is 9.85. The number of likely N-dealkylation sites (N-methyl/N-ethyl adjacent to an activating group) is 1. The summed E-state index contributed by atoms with van der Waals surface area (Å²) in [5.74, 6) is -0.600. The Bertz CT molecular complexity index is 407. The summed E-state index contributed by atoms with van der Waals surface area (Å²) in [6.45, 7) is 4.12. The summed E-state index contributed by atoms with van der Waals surface area (Å²) >= 11 is 0. The van der Waals surface area contributed by atoms with E-state index in [1.807, 2.05) is 14.1 Å². The maximum atomic E-state index is 12.4. The van der Waals surface area contributed by atoms with Crippen molar-refractivity contribution in [3.05, 3.63) is 0 Å². The van der Waals surface area contributed by atoms with Gasteiger partial charge in [0.1, 0.15) is 5.54 Å². The second kappa shape index (κ2) is 6.19. The summed E-state index contributed by atoms with van der Waals surface area (Å²) in [5, 5.41) is 12.2. The van der Waals surface area contributed by atoms with Crippen LogP contribution in [0.4, 0.5) is 4.79 Å². The van der Waals surface area contributed by atoms with Crippen LogP contribution in [0.15, 0.2) is 0 Å². The molecule has 2 heterocycles. The average Bonchev–Trinajstić information content (AvgIpc) is 2.82. The summed E-state index contributed by atoms with van der Waals surface area (Å²) in [5.41, 5.74) is -1.19. The van der Waals surface area contributed by atoms with Gasteiger partial charge in [0.15, 0.2) is 0 Å². The zero-order chi connectivity index (χ0) is 15.6. The third-order valence-corrected chi connectivity index (χ3v) is 4.63. The van der Waals surface area contributed by atoms with E-state index in [1.54, 1.807) is 4.90 Å². The van der Waals surface area contributed by atoms with Crippen LogP contribution in [0.1, 0.15) is 19.8 Å². The summed E-state index contributed by atoms with van der Waals surface area (Å²) in [6.07, 6.45) is 0.628. The summed E-state index contributed by atoms with van der Waals surface area (Å²) in [6, 6.07) is 0.0294. The first-order valence-corrected chi connectivity index (χ1v) is 7.40. The molecule has 0 radical (unpaired) electrons. The number of nitrogens with zero attached hydrogens (tertiary/aromatic N) is 2. The normalized spacial score (nSPS) is 28.7. The number of nitrogens with one attached hydrogen (secondary N) is 1. The number of carbonyl (C=O) groups is 2. The van der Waals surface area contributed by atoms with Crippen LogP contribution >= 0.6 is 0 Å². The molecule has 2 aliphatic heterocycles. The minimum atomic E-state index is -1.19. The fourth-order valence-electron chi connectivity index (χ4n) is 3.18. The fraction of sp³-hybridized carbons (Fsp3) is 0.857. The molecule has 0 aromatic rings. The second-order valence-electron chi connectivity index (χ2n) is 6.34. The molecule has 2 atom stereocenters. The van der Waals surface area contributed by atoms with Gasteiger partial charge in [-0.1, -0.05) is 6.92 Å². The van der Waals surface area contributed by atoms with Gasteiger partial charge in [-0.05, 0) is 20.0 Å². The van der Waals surface area contributed by atoms with Gasteiger partial charge < -0.3 is 25.0 Å². The Balaban J connectivity index is 2.02. The van der Waals surface area contributed by atoms with E-state index in [-0.39, 0.29) is 6.03 Å². The average molecular weight is 299 g/mol. The molecule has 2 unspecified atom stereocenters. The lowest BCUT2D eigenvalue weighted by atomic mass is 9.90. The van der Waals surface area contributed by atoms with Crippen molar-refractivity contribution in [3.63, 3.8) is 0 Å². The largest absolute Gasteiger partial charge is 0.480 e. The van der Waals surface area contributed by atoms with Crippen molar-refractivity contribution in [1.82, 2.24) is 15.1 Å². The minimum Gasteiger partial charge on any atom is -0.480 e. The molecule has 120 valence electrons. The monoisotopic (exact) mass is 299 g/mol. The first-order valence-electron chi connectivity index (χ1n) is 7.40. The van der Waals surface area contributed by atoms with E-state index >= 15 is 0 Å². The van der Waals surface area contributed by atoms with Crippen molar-refractivity contribution in [2.45, 2.75) is 31.3 Å². The Morgan fingerprint density at radius 2 is 1.90 bits per heavy atom. The van der Waals surface area contributed by atoms with Crippen molar-refractivity contribution in [3.8, 4) is 0 Å². The molecule has 0 spiro atoms. The molecule has 7 nitrogen and oxygen atoms in total. The van der Waals surface area contributed by atoms with Crippen LogP contribution in [0.3, 0.4) is 0 Å². The van der Waals surface area contributed by atoms with Crippen molar-refractivity contribution < 1.29 is 19.4 Å². The highest BCUT2D eigenvalue weighted by atomic mass is 16.5. The smallest absolute Gasteiger partial charge is 0.329 e. The van der Waals surface area contributed by atoms with Gasteiger partial charge >= 0.3 is 12.0 Å². The van der Waals surface area contributed by atoms with Gasteiger partial charge in [-0.2, -0.15) is 0 Å². The highest BCUT2D eigenvalue weighted by Crippen LogP contribution is 2.24. The summed E-state index contributed by atoms with van der Waals surface area (Å²) in [4.78, 5) is 27.8. The summed E-state index contributed by atoms with van der Waals surface area (Å²) in [7, 11) is 4.00. The number of likely N-dealkylation sites (tertiary alicyclic amines) is 1. The molecule has 0 aromatic heterocycles. The number of aliphatic carboxylic acids is 1. The Hall–Kier alpha value is -1.34. The third kappa shape index (κ3) is 3.29. The summed E-state index contributed by atoms with van der Waals surface area (Å²) < 4.78 is 5.21. The maximum Gasteiger partial charge on any atom is 0.329 e. The number of carbonyl (C=O) groups excluding carboxylic acids is 1. The van der Waals surface area contributed by atoms with Gasteiger partial charge in [-0.25, -0.2) is 9.59 Å². The van der Waals surface area contributed by atoms with E-state index < -0.39 is 11.5 Å². The van der Waals surface area contributed by atoms with Gasteiger partial charge in [0.2, 0.25) is 0 Å². The van der Waals surface area contributed by atoms with E-state index in [4.69, 9.17) is 4.74 Å². The molecular weight excluding hydrogens is 274 g/mol. The molecular formula is C14H25N3O4. The zero-order valence-electron chi connectivity index (χ0n) is 13.0. The number of urea groups is 1. The highest BCUT2D eigenvalue weighted by Gasteiger charge is 2.44. The zero-order valence-corrected chi connectivity index (χ0v) is 13.0. The van der Waals surface area contributed by atoms with Gasteiger partial charge in [-0.15, -0.1) is 0 Å². The van der Waals surface area contributed by atoms with Crippen molar-refractivity contribution in [2.24, 2.45) is 5.92 Å². The van der Waals surface area contributed by atoms with E-state index in [0.717, 1.165) is 0 Å². The standard InChI is InChI=1S/C14H25N3O4/c1-10-8-17(9-11(10)16(2)3)13(20)15-14(12(18)19)4-6-21-7-5-14/h10-11H,4-9H2,1-3H3,(H,15,20)(H,18,19). The molecule has 2 rings (SSSR count). The lowest BCUT2D eigenvalue weighted by Gasteiger charge is -2.35. The van der Waals surface area contributed by atoms with Gasteiger partial charge in [0.05, 0.1) is 0 Å².